The Labute approximate surface area is 141 Å². The highest BCUT2D eigenvalue weighted by Crippen LogP contribution is 2.48. The van der Waals surface area contributed by atoms with Gasteiger partial charge in [-0.2, -0.15) is 0 Å². The molecule has 6 heteroatoms. The predicted molar refractivity (Wildman–Crippen MR) is 91.7 cm³/mol. The third-order valence-corrected chi connectivity index (χ3v) is 4.57. The summed E-state index contributed by atoms with van der Waals surface area (Å²) in [6.07, 6.45) is 3.92. The highest BCUT2D eigenvalue weighted by atomic mass is 35.5. The van der Waals surface area contributed by atoms with E-state index in [0.717, 1.165) is 23.2 Å². The van der Waals surface area contributed by atoms with Crippen molar-refractivity contribution in [3.63, 3.8) is 0 Å². The first kappa shape index (κ1) is 15.9. The Morgan fingerprint density at radius 3 is 2.87 bits per heavy atom. The third-order valence-electron chi connectivity index (χ3n) is 4.34. The summed E-state index contributed by atoms with van der Waals surface area (Å²) in [5.41, 5.74) is 2.36. The van der Waals surface area contributed by atoms with Gasteiger partial charge in [-0.15, -0.1) is 0 Å². The summed E-state index contributed by atoms with van der Waals surface area (Å²) in [6.45, 7) is 1.50. The van der Waals surface area contributed by atoms with Crippen LogP contribution in [0.3, 0.4) is 0 Å². The normalized spacial score (nSPS) is 16.2. The highest BCUT2D eigenvalue weighted by Gasteiger charge is 2.44. The Morgan fingerprint density at radius 1 is 1.43 bits per heavy atom. The average Bonchev–Trinajstić information content (AvgIpc) is 3.16. The van der Waals surface area contributed by atoms with Crippen molar-refractivity contribution in [3.05, 3.63) is 52.9 Å². The van der Waals surface area contributed by atoms with Gasteiger partial charge in [0.2, 0.25) is 0 Å². The van der Waals surface area contributed by atoms with Crippen LogP contribution in [-0.2, 0) is 12.0 Å². The largest absolute Gasteiger partial charge is 0.364 e. The quantitative estimate of drug-likeness (QED) is 0.675. The molecule has 1 fully saturated rings. The van der Waals surface area contributed by atoms with Crippen LogP contribution in [0.1, 0.15) is 24.1 Å². The lowest BCUT2D eigenvalue weighted by atomic mass is 9.96. The molecule has 0 saturated heterocycles. The molecule has 0 bridgehead atoms. The van der Waals surface area contributed by atoms with Crippen molar-refractivity contribution in [2.45, 2.75) is 24.8 Å². The first-order chi connectivity index (χ1) is 11.1. The topological polar surface area (TPSA) is 53.7 Å². The van der Waals surface area contributed by atoms with Gasteiger partial charge >= 0.3 is 0 Å². The Balaban J connectivity index is 1.62. The van der Waals surface area contributed by atoms with Crippen molar-refractivity contribution in [2.75, 3.05) is 20.6 Å². The van der Waals surface area contributed by atoms with Gasteiger partial charge in [0.15, 0.2) is 5.96 Å². The second-order valence-electron chi connectivity index (χ2n) is 6.04. The van der Waals surface area contributed by atoms with E-state index in [1.54, 1.807) is 13.3 Å². The smallest absolute Gasteiger partial charge is 0.193 e. The molecule has 1 aromatic carbocycles. The number of guanidine groups is 1. The SMILES string of the molecule is CN=C(NCC1(c2cccc(Cl)c2)CC1)N(C)Cc1ccon1. The van der Waals surface area contributed by atoms with E-state index in [1.165, 1.54) is 18.4 Å². The molecule has 1 heterocycles. The van der Waals surface area contributed by atoms with E-state index >= 15 is 0 Å². The second-order valence-corrected chi connectivity index (χ2v) is 6.47. The average molecular weight is 333 g/mol. The fraction of sp³-hybridized carbons (Fsp3) is 0.412. The molecular formula is C17H21ClN4O. The Bertz CT molecular complexity index is 680. The van der Waals surface area contributed by atoms with E-state index < -0.39 is 0 Å². The van der Waals surface area contributed by atoms with Gasteiger partial charge in [-0.05, 0) is 30.5 Å². The van der Waals surface area contributed by atoms with Gasteiger partial charge in [0.05, 0.1) is 6.54 Å². The second kappa shape index (κ2) is 6.62. The molecule has 0 amide bonds. The van der Waals surface area contributed by atoms with Gasteiger partial charge < -0.3 is 14.7 Å². The molecule has 2 aromatic rings. The van der Waals surface area contributed by atoms with Crippen molar-refractivity contribution in [1.29, 1.82) is 0 Å². The first-order valence-electron chi connectivity index (χ1n) is 7.70. The van der Waals surface area contributed by atoms with Crippen LogP contribution in [0.2, 0.25) is 5.02 Å². The predicted octanol–water partition coefficient (Wildman–Crippen LogP) is 3.07. The van der Waals surface area contributed by atoms with E-state index in [-0.39, 0.29) is 5.41 Å². The Kier molecular flexibility index (Phi) is 4.57. The highest BCUT2D eigenvalue weighted by molar-refractivity contribution is 6.30. The van der Waals surface area contributed by atoms with Gasteiger partial charge in [0.1, 0.15) is 12.0 Å². The molecule has 0 radical (unpaired) electrons. The molecule has 0 unspecified atom stereocenters. The summed E-state index contributed by atoms with van der Waals surface area (Å²) in [7, 11) is 3.78. The van der Waals surface area contributed by atoms with Crippen LogP contribution in [0.5, 0.6) is 0 Å². The summed E-state index contributed by atoms with van der Waals surface area (Å²) >= 11 is 6.13. The molecule has 5 nitrogen and oxygen atoms in total. The summed E-state index contributed by atoms with van der Waals surface area (Å²) in [5.74, 6) is 0.848. The molecule has 3 rings (SSSR count). The van der Waals surface area contributed by atoms with Crippen LogP contribution < -0.4 is 5.32 Å². The minimum atomic E-state index is 0.176. The van der Waals surface area contributed by atoms with Gasteiger partial charge in [-0.1, -0.05) is 28.9 Å². The number of nitrogens with zero attached hydrogens (tertiary/aromatic N) is 3. The Hall–Kier alpha value is -2.01. The third kappa shape index (κ3) is 3.67. The van der Waals surface area contributed by atoms with Crippen LogP contribution in [-0.4, -0.2) is 36.7 Å². The van der Waals surface area contributed by atoms with Crippen molar-refractivity contribution in [3.8, 4) is 0 Å². The van der Waals surface area contributed by atoms with E-state index in [4.69, 9.17) is 16.1 Å². The fourth-order valence-corrected chi connectivity index (χ4v) is 3.00. The molecule has 0 spiro atoms. The van der Waals surface area contributed by atoms with Crippen molar-refractivity contribution >= 4 is 17.6 Å². The first-order valence-corrected chi connectivity index (χ1v) is 8.08. The van der Waals surface area contributed by atoms with Crippen LogP contribution in [0.4, 0.5) is 0 Å². The molecule has 1 aliphatic carbocycles. The number of halogens is 1. The molecule has 1 N–H and O–H groups in total. The lowest BCUT2D eigenvalue weighted by molar-refractivity contribution is 0.390. The van der Waals surface area contributed by atoms with Crippen LogP contribution in [0, 0.1) is 0 Å². The van der Waals surface area contributed by atoms with E-state index in [2.05, 4.69) is 27.6 Å². The zero-order chi connectivity index (χ0) is 16.3. The molecule has 0 aliphatic heterocycles. The molecular weight excluding hydrogens is 312 g/mol. The van der Waals surface area contributed by atoms with Crippen molar-refractivity contribution in [2.24, 2.45) is 4.99 Å². The van der Waals surface area contributed by atoms with Gasteiger partial charge in [-0.3, -0.25) is 4.99 Å². The summed E-state index contributed by atoms with van der Waals surface area (Å²) in [6, 6.07) is 10.0. The van der Waals surface area contributed by atoms with Crippen LogP contribution in [0.15, 0.2) is 46.1 Å². The zero-order valence-electron chi connectivity index (χ0n) is 13.4. The molecule has 122 valence electrons. The maximum absolute atomic E-state index is 6.13. The van der Waals surface area contributed by atoms with Gasteiger partial charge in [0.25, 0.3) is 0 Å². The number of nitrogens with one attached hydrogen (secondary N) is 1. The fourth-order valence-electron chi connectivity index (χ4n) is 2.81. The zero-order valence-corrected chi connectivity index (χ0v) is 14.2. The minimum absolute atomic E-state index is 0.176. The lowest BCUT2D eigenvalue weighted by Crippen LogP contribution is -2.42. The number of rotatable bonds is 5. The number of aliphatic imine (C=N–C) groups is 1. The number of aromatic nitrogens is 1. The molecule has 1 saturated carbocycles. The summed E-state index contributed by atoms with van der Waals surface area (Å²) < 4.78 is 4.87. The standard InChI is InChI=1S/C17H21ClN4O/c1-19-16(22(2)11-15-6-9-23-21-15)20-12-17(7-8-17)13-4-3-5-14(18)10-13/h3-6,9-10H,7-8,11-12H2,1-2H3,(H,19,20). The molecule has 23 heavy (non-hydrogen) atoms. The van der Waals surface area contributed by atoms with Gasteiger partial charge in [-0.25, -0.2) is 0 Å². The molecule has 1 aromatic heterocycles. The van der Waals surface area contributed by atoms with E-state index in [0.29, 0.717) is 6.54 Å². The molecule has 1 aliphatic rings. The maximum Gasteiger partial charge on any atom is 0.193 e. The minimum Gasteiger partial charge on any atom is -0.364 e. The van der Waals surface area contributed by atoms with Gasteiger partial charge in [0, 0.05) is 37.1 Å². The monoisotopic (exact) mass is 332 g/mol. The van der Waals surface area contributed by atoms with Crippen molar-refractivity contribution in [1.82, 2.24) is 15.4 Å². The molecule has 0 atom stereocenters. The lowest BCUT2D eigenvalue weighted by Gasteiger charge is -2.24. The maximum atomic E-state index is 6.13. The van der Waals surface area contributed by atoms with E-state index in [9.17, 15) is 0 Å². The number of benzene rings is 1. The van der Waals surface area contributed by atoms with Crippen molar-refractivity contribution < 1.29 is 4.52 Å². The summed E-state index contributed by atoms with van der Waals surface area (Å²) in [5, 5.41) is 8.21. The number of hydrogen-bond acceptors (Lipinski definition) is 3. The Morgan fingerprint density at radius 2 is 2.26 bits per heavy atom. The van der Waals surface area contributed by atoms with E-state index in [1.807, 2.05) is 30.1 Å². The van der Waals surface area contributed by atoms with Crippen LogP contribution in [0.25, 0.3) is 0 Å². The number of hydrogen-bond donors (Lipinski definition) is 1. The van der Waals surface area contributed by atoms with Crippen LogP contribution >= 0.6 is 11.6 Å². The summed E-state index contributed by atoms with van der Waals surface area (Å²) in [4.78, 5) is 6.39.